The minimum Gasteiger partial charge on any atom is -0.231 e. The van der Waals surface area contributed by atoms with Crippen LogP contribution in [0.4, 0.5) is 0 Å². The van der Waals surface area contributed by atoms with E-state index in [2.05, 4.69) is 253 Å². The molecule has 0 saturated heterocycles. The van der Waals surface area contributed by atoms with Crippen LogP contribution >= 0.6 is 0 Å². The largest absolute Gasteiger partial charge is 0.231 e. The van der Waals surface area contributed by atoms with Gasteiger partial charge in [-0.05, 0) is 74.7 Å². The van der Waals surface area contributed by atoms with E-state index in [1.54, 1.807) is 0 Å². The lowest BCUT2D eigenvalue weighted by atomic mass is 9.93. The molecule has 0 unspecified atom stereocenters. The molecule has 9 aromatic carbocycles. The zero-order valence-electron chi connectivity index (χ0n) is 36.5. The maximum atomic E-state index is 5.43. The summed E-state index contributed by atoms with van der Waals surface area (Å²) in [6.45, 7) is 0. The molecular formula is C63H42N4. The van der Waals surface area contributed by atoms with E-state index in [-0.39, 0.29) is 0 Å². The van der Waals surface area contributed by atoms with Gasteiger partial charge < -0.3 is 0 Å². The van der Waals surface area contributed by atoms with Gasteiger partial charge in [0.1, 0.15) is 5.69 Å². The number of benzene rings is 9. The third kappa shape index (κ3) is 7.57. The van der Waals surface area contributed by atoms with Crippen LogP contribution < -0.4 is 0 Å². The summed E-state index contributed by atoms with van der Waals surface area (Å²) in [5, 5.41) is 7.71. The van der Waals surface area contributed by atoms with Crippen molar-refractivity contribution in [2.75, 3.05) is 0 Å². The van der Waals surface area contributed by atoms with E-state index < -0.39 is 0 Å². The van der Waals surface area contributed by atoms with E-state index in [1.807, 2.05) is 6.07 Å². The van der Waals surface area contributed by atoms with Crippen LogP contribution in [0.25, 0.3) is 117 Å². The summed E-state index contributed by atoms with van der Waals surface area (Å²) in [4.78, 5) is 10.6. The Hall–Kier alpha value is -8.99. The molecule has 12 aromatic rings. The van der Waals surface area contributed by atoms with E-state index in [0.29, 0.717) is 5.82 Å². The van der Waals surface area contributed by atoms with E-state index in [9.17, 15) is 0 Å². The van der Waals surface area contributed by atoms with Crippen molar-refractivity contribution in [1.82, 2.24) is 19.6 Å². The maximum absolute atomic E-state index is 5.43. The minimum atomic E-state index is 0.667. The van der Waals surface area contributed by atoms with Gasteiger partial charge in [-0.1, -0.05) is 224 Å². The molecule has 0 radical (unpaired) electrons. The average molecular weight is 855 g/mol. The SMILES string of the molecule is c1ccc(-c2cc(-c3ccccc3)cc(-c3cc(-c4ccccc4)nc(-c4ccc(-c5cccc6c5cc(-c5ccccc5)n5nc(-c7ccccc7)c(-c7ccccc7)c65)cc4)n3)c2)cc1. The van der Waals surface area contributed by atoms with Crippen LogP contribution in [0.3, 0.4) is 0 Å². The summed E-state index contributed by atoms with van der Waals surface area (Å²) in [6, 6.07) is 89.9. The monoisotopic (exact) mass is 854 g/mol. The number of rotatable bonds is 9. The van der Waals surface area contributed by atoms with Gasteiger partial charge in [-0.15, -0.1) is 0 Å². The summed E-state index contributed by atoms with van der Waals surface area (Å²) in [5.74, 6) is 0.667. The second-order valence-electron chi connectivity index (χ2n) is 16.8. The maximum Gasteiger partial charge on any atom is 0.160 e. The van der Waals surface area contributed by atoms with Gasteiger partial charge in [-0.3, -0.25) is 0 Å². The summed E-state index contributed by atoms with van der Waals surface area (Å²) < 4.78 is 2.15. The molecule has 3 heterocycles. The normalized spacial score (nSPS) is 11.3. The van der Waals surface area contributed by atoms with Gasteiger partial charge in [-0.25, -0.2) is 14.5 Å². The molecule has 4 heteroatoms. The fourth-order valence-electron chi connectivity index (χ4n) is 9.36. The van der Waals surface area contributed by atoms with Crippen LogP contribution in [0.5, 0.6) is 0 Å². The van der Waals surface area contributed by atoms with Crippen molar-refractivity contribution < 1.29 is 0 Å². The summed E-state index contributed by atoms with van der Waals surface area (Å²) in [6.07, 6.45) is 0. The first-order valence-electron chi connectivity index (χ1n) is 22.7. The zero-order valence-corrected chi connectivity index (χ0v) is 36.5. The molecule has 0 amide bonds. The van der Waals surface area contributed by atoms with Gasteiger partial charge in [0.05, 0.1) is 22.6 Å². The van der Waals surface area contributed by atoms with Crippen molar-refractivity contribution >= 4 is 16.3 Å². The van der Waals surface area contributed by atoms with Crippen LogP contribution in [0.15, 0.2) is 255 Å². The molecule has 4 nitrogen and oxygen atoms in total. The van der Waals surface area contributed by atoms with Crippen LogP contribution in [0.2, 0.25) is 0 Å². The van der Waals surface area contributed by atoms with E-state index in [4.69, 9.17) is 15.1 Å². The Morgan fingerprint density at radius 3 is 1.31 bits per heavy atom. The topological polar surface area (TPSA) is 43.1 Å². The smallest absolute Gasteiger partial charge is 0.160 e. The van der Waals surface area contributed by atoms with Gasteiger partial charge in [0, 0.05) is 38.8 Å². The fourth-order valence-corrected chi connectivity index (χ4v) is 9.36. The van der Waals surface area contributed by atoms with Gasteiger partial charge in [-0.2, -0.15) is 5.10 Å². The molecule has 0 aliphatic heterocycles. The predicted octanol–water partition coefficient (Wildman–Crippen LogP) is 16.3. The number of aromatic nitrogens is 4. The third-order valence-corrected chi connectivity index (χ3v) is 12.6. The Bertz CT molecular complexity index is 3630. The Labute approximate surface area is 389 Å². The molecule has 0 N–H and O–H groups in total. The summed E-state index contributed by atoms with van der Waals surface area (Å²) in [5.41, 5.74) is 19.0. The van der Waals surface area contributed by atoms with Crippen molar-refractivity contribution in [2.45, 2.75) is 0 Å². The summed E-state index contributed by atoms with van der Waals surface area (Å²) in [7, 11) is 0. The lowest BCUT2D eigenvalue weighted by Crippen LogP contribution is -1.97. The first-order valence-corrected chi connectivity index (χ1v) is 22.7. The Morgan fingerprint density at radius 1 is 0.284 bits per heavy atom. The molecule has 314 valence electrons. The number of hydrogen-bond donors (Lipinski definition) is 0. The van der Waals surface area contributed by atoms with Crippen molar-refractivity contribution in [2.24, 2.45) is 0 Å². The molecule has 0 aliphatic carbocycles. The average Bonchev–Trinajstić information content (AvgIpc) is 3.83. The molecule has 0 fully saturated rings. The van der Waals surface area contributed by atoms with E-state index in [1.165, 1.54) is 0 Å². The zero-order chi connectivity index (χ0) is 44.5. The molecule has 0 spiro atoms. The molecule has 3 aromatic heterocycles. The molecule has 67 heavy (non-hydrogen) atoms. The van der Waals surface area contributed by atoms with Crippen LogP contribution in [-0.2, 0) is 0 Å². The standard InChI is InChI=1S/C63H42N4/c1-7-20-43(21-8-1)51-38-52(44-22-9-2-10-23-44)40-53(39-51)58-42-57(46-24-11-3-12-25-46)64-63(65-58)50-36-34-45(35-37-50)54-32-19-33-55-56(54)41-59(47-26-13-4-14-27-47)67-62(55)60(48-28-15-5-16-29-48)61(66-67)49-30-17-6-18-31-49/h1-42H. The Kier molecular flexibility index (Phi) is 10.2. The van der Waals surface area contributed by atoms with E-state index >= 15 is 0 Å². The molecular weight excluding hydrogens is 813 g/mol. The molecule has 0 atom stereocenters. The highest BCUT2D eigenvalue weighted by atomic mass is 15.2. The lowest BCUT2D eigenvalue weighted by molar-refractivity contribution is 0.979. The minimum absolute atomic E-state index is 0.667. The number of pyridine rings is 1. The molecule has 0 saturated carbocycles. The highest BCUT2D eigenvalue weighted by molar-refractivity contribution is 6.12. The Morgan fingerprint density at radius 2 is 0.746 bits per heavy atom. The van der Waals surface area contributed by atoms with Crippen molar-refractivity contribution in [3.05, 3.63) is 255 Å². The second kappa shape index (κ2) is 17.2. The van der Waals surface area contributed by atoms with Crippen LogP contribution in [0.1, 0.15) is 0 Å². The first kappa shape index (κ1) is 39.6. The lowest BCUT2D eigenvalue weighted by Gasteiger charge is -2.15. The van der Waals surface area contributed by atoms with Gasteiger partial charge in [0.2, 0.25) is 0 Å². The second-order valence-corrected chi connectivity index (χ2v) is 16.8. The number of hydrogen-bond acceptors (Lipinski definition) is 3. The fraction of sp³-hybridized carbons (Fsp3) is 0. The number of nitrogens with zero attached hydrogens (tertiary/aromatic N) is 4. The highest BCUT2D eigenvalue weighted by Crippen LogP contribution is 2.43. The van der Waals surface area contributed by atoms with Gasteiger partial charge in [0.25, 0.3) is 0 Å². The van der Waals surface area contributed by atoms with E-state index in [0.717, 1.165) is 111 Å². The summed E-state index contributed by atoms with van der Waals surface area (Å²) >= 11 is 0. The number of fused-ring (bicyclic) bond motifs is 3. The predicted molar refractivity (Wildman–Crippen MR) is 277 cm³/mol. The van der Waals surface area contributed by atoms with Crippen LogP contribution in [-0.4, -0.2) is 19.6 Å². The highest BCUT2D eigenvalue weighted by Gasteiger charge is 2.23. The van der Waals surface area contributed by atoms with Gasteiger partial charge >= 0.3 is 0 Å². The Balaban J connectivity index is 1.02. The molecule has 0 aliphatic rings. The molecule has 0 bridgehead atoms. The van der Waals surface area contributed by atoms with Crippen molar-refractivity contribution in [3.8, 4) is 101 Å². The first-order chi connectivity index (χ1) is 33.2. The molecule has 12 rings (SSSR count). The third-order valence-electron chi connectivity index (χ3n) is 12.6. The quantitative estimate of drug-likeness (QED) is 0.145. The van der Waals surface area contributed by atoms with Crippen LogP contribution in [0, 0.1) is 0 Å². The van der Waals surface area contributed by atoms with Crippen molar-refractivity contribution in [1.29, 1.82) is 0 Å². The van der Waals surface area contributed by atoms with Gasteiger partial charge in [0.15, 0.2) is 5.82 Å². The van der Waals surface area contributed by atoms with Crippen molar-refractivity contribution in [3.63, 3.8) is 0 Å².